The monoisotopic (exact) mass is 378 g/mol. The number of aliphatic hydroxyl groups is 1. The van der Waals surface area contributed by atoms with Crippen molar-refractivity contribution in [2.24, 2.45) is 0 Å². The Kier molecular flexibility index (Phi) is 4.96. The molecule has 0 aromatic heterocycles. The highest BCUT2D eigenvalue weighted by Crippen LogP contribution is 2.33. The van der Waals surface area contributed by atoms with Crippen LogP contribution in [0.1, 0.15) is 22.8 Å². The van der Waals surface area contributed by atoms with Gasteiger partial charge in [-0.2, -0.15) is 13.2 Å². The lowest BCUT2D eigenvalue weighted by Gasteiger charge is -2.15. The molecule has 2 rings (SSSR count). The van der Waals surface area contributed by atoms with E-state index in [4.69, 9.17) is 11.6 Å². The molecule has 0 aliphatic carbocycles. The average Bonchev–Trinajstić information content (AvgIpc) is 2.41. The third kappa shape index (κ3) is 3.99. The molecular weight excluding hydrogens is 369 g/mol. The molecule has 0 fully saturated rings. The van der Waals surface area contributed by atoms with Gasteiger partial charge in [0.15, 0.2) is 0 Å². The molecule has 0 amide bonds. The average molecular weight is 380 g/mol. The molecule has 0 bridgehead atoms. The summed E-state index contributed by atoms with van der Waals surface area (Å²) >= 11 is 9.32. The van der Waals surface area contributed by atoms with Crippen LogP contribution >= 0.6 is 27.5 Å². The number of rotatable bonds is 3. The summed E-state index contributed by atoms with van der Waals surface area (Å²) in [6.07, 6.45) is -5.31. The van der Waals surface area contributed by atoms with E-state index in [9.17, 15) is 18.3 Å². The summed E-state index contributed by atoms with van der Waals surface area (Å²) < 4.78 is 38.6. The summed E-state index contributed by atoms with van der Waals surface area (Å²) in [5.41, 5.74) is 0.143. The van der Waals surface area contributed by atoms with Gasteiger partial charge in [-0.15, -0.1) is 0 Å². The Labute approximate surface area is 133 Å². The first-order chi connectivity index (χ1) is 9.79. The zero-order valence-electron chi connectivity index (χ0n) is 10.7. The maximum absolute atomic E-state index is 12.7. The number of alkyl halides is 3. The molecule has 1 N–H and O–H groups in total. The van der Waals surface area contributed by atoms with Gasteiger partial charge in [0.2, 0.25) is 0 Å². The number of hydrogen-bond acceptors (Lipinski definition) is 1. The van der Waals surface area contributed by atoms with Crippen LogP contribution in [0.15, 0.2) is 46.9 Å². The molecule has 1 atom stereocenters. The second-order valence-electron chi connectivity index (χ2n) is 4.56. The zero-order valence-corrected chi connectivity index (χ0v) is 13.0. The highest BCUT2D eigenvalue weighted by molar-refractivity contribution is 9.10. The minimum Gasteiger partial charge on any atom is -0.388 e. The summed E-state index contributed by atoms with van der Waals surface area (Å²) in [5, 5.41) is 10.5. The second kappa shape index (κ2) is 6.38. The lowest BCUT2D eigenvalue weighted by molar-refractivity contribution is -0.137. The van der Waals surface area contributed by atoms with Crippen molar-refractivity contribution in [2.75, 3.05) is 0 Å². The summed E-state index contributed by atoms with van der Waals surface area (Å²) in [4.78, 5) is 0. The molecule has 112 valence electrons. The maximum Gasteiger partial charge on any atom is 0.416 e. The van der Waals surface area contributed by atoms with Gasteiger partial charge in [0.25, 0.3) is 0 Å². The van der Waals surface area contributed by atoms with Crippen molar-refractivity contribution in [3.8, 4) is 0 Å². The Morgan fingerprint density at radius 2 is 1.81 bits per heavy atom. The van der Waals surface area contributed by atoms with Gasteiger partial charge in [0, 0.05) is 16.5 Å². The van der Waals surface area contributed by atoms with Crippen LogP contribution in [0, 0.1) is 0 Å². The van der Waals surface area contributed by atoms with Crippen molar-refractivity contribution in [2.45, 2.75) is 18.7 Å². The number of aliphatic hydroxyl groups excluding tert-OH is 1. The fourth-order valence-electron chi connectivity index (χ4n) is 1.99. The Morgan fingerprint density at radius 1 is 1.14 bits per heavy atom. The smallest absolute Gasteiger partial charge is 0.388 e. The summed E-state index contributed by atoms with van der Waals surface area (Å²) in [6.45, 7) is 0. The van der Waals surface area contributed by atoms with Crippen LogP contribution in [0.2, 0.25) is 5.02 Å². The van der Waals surface area contributed by atoms with Crippen molar-refractivity contribution in [3.63, 3.8) is 0 Å². The normalized spacial score (nSPS) is 13.2. The first-order valence-electron chi connectivity index (χ1n) is 6.07. The van der Waals surface area contributed by atoms with Crippen LogP contribution < -0.4 is 0 Å². The number of halogens is 5. The molecule has 0 aliphatic heterocycles. The molecule has 1 unspecified atom stereocenters. The van der Waals surface area contributed by atoms with Crippen LogP contribution in [0.4, 0.5) is 13.2 Å². The molecule has 0 aliphatic rings. The SMILES string of the molecule is OC(Cc1cccc(C(F)(F)F)c1)c1cccc(Br)c1Cl. The van der Waals surface area contributed by atoms with E-state index in [0.29, 0.717) is 20.6 Å². The minimum absolute atomic E-state index is 0.0556. The van der Waals surface area contributed by atoms with Gasteiger partial charge in [-0.1, -0.05) is 41.9 Å². The number of benzene rings is 2. The van der Waals surface area contributed by atoms with Gasteiger partial charge in [-0.3, -0.25) is 0 Å². The van der Waals surface area contributed by atoms with E-state index >= 15 is 0 Å². The fraction of sp³-hybridized carbons (Fsp3) is 0.200. The van der Waals surface area contributed by atoms with Crippen molar-refractivity contribution >= 4 is 27.5 Å². The predicted octanol–water partition coefficient (Wildman–Crippen LogP) is 5.40. The van der Waals surface area contributed by atoms with Crippen LogP contribution in [0.25, 0.3) is 0 Å². The maximum atomic E-state index is 12.7. The molecule has 2 aromatic rings. The quantitative estimate of drug-likeness (QED) is 0.757. The van der Waals surface area contributed by atoms with Crippen molar-refractivity contribution in [1.29, 1.82) is 0 Å². The van der Waals surface area contributed by atoms with Gasteiger partial charge >= 0.3 is 6.18 Å². The molecule has 0 saturated carbocycles. The first kappa shape index (κ1) is 16.3. The first-order valence-corrected chi connectivity index (χ1v) is 7.24. The highest BCUT2D eigenvalue weighted by atomic mass is 79.9. The third-order valence-electron chi connectivity index (χ3n) is 3.02. The van der Waals surface area contributed by atoms with Crippen molar-refractivity contribution < 1.29 is 18.3 Å². The molecule has 0 saturated heterocycles. The Hall–Kier alpha value is -1.04. The molecule has 0 spiro atoms. The lowest BCUT2D eigenvalue weighted by Crippen LogP contribution is -2.07. The molecule has 0 radical (unpaired) electrons. The number of hydrogen-bond donors (Lipinski definition) is 1. The Balaban J connectivity index is 2.24. The van der Waals surface area contributed by atoms with Crippen LogP contribution in [-0.4, -0.2) is 5.11 Å². The van der Waals surface area contributed by atoms with Gasteiger partial charge in [-0.05, 0) is 33.6 Å². The van der Waals surface area contributed by atoms with Gasteiger partial charge in [-0.25, -0.2) is 0 Å². The van der Waals surface area contributed by atoms with Crippen molar-refractivity contribution in [1.82, 2.24) is 0 Å². The van der Waals surface area contributed by atoms with E-state index in [2.05, 4.69) is 15.9 Å². The summed E-state index contributed by atoms with van der Waals surface area (Å²) in [5.74, 6) is 0. The standard InChI is InChI=1S/C15H11BrClF3O/c16-12-6-2-5-11(14(12)17)13(21)8-9-3-1-4-10(7-9)15(18,19)20/h1-7,13,21H,8H2. The zero-order chi connectivity index (χ0) is 15.6. The third-order valence-corrected chi connectivity index (χ3v) is 4.33. The summed E-state index contributed by atoms with van der Waals surface area (Å²) in [7, 11) is 0. The van der Waals surface area contributed by atoms with Crippen LogP contribution in [-0.2, 0) is 12.6 Å². The minimum atomic E-state index is -4.39. The van der Waals surface area contributed by atoms with E-state index in [1.54, 1.807) is 24.3 Å². The van der Waals surface area contributed by atoms with E-state index in [1.807, 2.05) is 0 Å². The van der Waals surface area contributed by atoms with Gasteiger partial charge in [0.1, 0.15) is 0 Å². The largest absolute Gasteiger partial charge is 0.416 e. The Bertz CT molecular complexity index is 643. The molecule has 2 aromatic carbocycles. The van der Waals surface area contributed by atoms with E-state index in [1.165, 1.54) is 6.07 Å². The molecule has 1 nitrogen and oxygen atoms in total. The highest BCUT2D eigenvalue weighted by Gasteiger charge is 2.30. The molecule has 0 heterocycles. The lowest BCUT2D eigenvalue weighted by atomic mass is 10.00. The van der Waals surface area contributed by atoms with E-state index < -0.39 is 17.8 Å². The second-order valence-corrected chi connectivity index (χ2v) is 5.79. The van der Waals surface area contributed by atoms with E-state index in [0.717, 1.165) is 12.1 Å². The van der Waals surface area contributed by atoms with Crippen LogP contribution in [0.5, 0.6) is 0 Å². The van der Waals surface area contributed by atoms with Gasteiger partial charge in [0.05, 0.1) is 16.7 Å². The van der Waals surface area contributed by atoms with Crippen LogP contribution in [0.3, 0.4) is 0 Å². The Morgan fingerprint density at radius 3 is 2.48 bits per heavy atom. The molecule has 21 heavy (non-hydrogen) atoms. The predicted molar refractivity (Wildman–Crippen MR) is 79.3 cm³/mol. The molecule has 6 heteroatoms. The van der Waals surface area contributed by atoms with Gasteiger partial charge < -0.3 is 5.11 Å². The summed E-state index contributed by atoms with van der Waals surface area (Å²) in [6, 6.07) is 9.99. The van der Waals surface area contributed by atoms with E-state index in [-0.39, 0.29) is 6.42 Å². The topological polar surface area (TPSA) is 20.2 Å². The fourth-order valence-corrected chi connectivity index (χ4v) is 2.62. The van der Waals surface area contributed by atoms with Crippen molar-refractivity contribution in [3.05, 3.63) is 68.7 Å². The molecular formula is C15H11BrClF3O.